The Kier molecular flexibility index (Phi) is 3.78. The fraction of sp³-hybridized carbons (Fsp3) is 0.308. The molecule has 1 aromatic carbocycles. The maximum Gasteiger partial charge on any atom is 0.573 e. The van der Waals surface area contributed by atoms with Gasteiger partial charge in [-0.25, -0.2) is 0 Å². The van der Waals surface area contributed by atoms with E-state index < -0.39 is 6.36 Å². The van der Waals surface area contributed by atoms with Crippen LogP contribution in [0.5, 0.6) is 5.75 Å². The van der Waals surface area contributed by atoms with Crippen molar-refractivity contribution in [2.24, 2.45) is 0 Å². The summed E-state index contributed by atoms with van der Waals surface area (Å²) in [6.07, 6.45) is -2.15. The largest absolute Gasteiger partial charge is 0.573 e. The van der Waals surface area contributed by atoms with Gasteiger partial charge in [-0.15, -0.1) is 13.2 Å². The quantitative estimate of drug-likeness (QED) is 0.913. The molecule has 19 heavy (non-hydrogen) atoms. The second kappa shape index (κ2) is 5.34. The van der Waals surface area contributed by atoms with E-state index in [0.717, 1.165) is 18.7 Å². The normalized spacial score (nSPS) is 11.6. The van der Waals surface area contributed by atoms with Crippen LogP contribution in [0.4, 0.5) is 18.9 Å². The number of aromatic nitrogens is 1. The molecule has 0 saturated carbocycles. The van der Waals surface area contributed by atoms with Crippen LogP contribution >= 0.6 is 0 Å². The highest BCUT2D eigenvalue weighted by molar-refractivity contribution is 5.92. The first-order valence-corrected chi connectivity index (χ1v) is 5.88. The lowest BCUT2D eigenvalue weighted by Crippen LogP contribution is -2.17. The van der Waals surface area contributed by atoms with Crippen LogP contribution in [0.25, 0.3) is 10.9 Å². The van der Waals surface area contributed by atoms with Gasteiger partial charge in [0, 0.05) is 23.8 Å². The molecule has 0 spiro atoms. The molecule has 0 aliphatic rings. The highest BCUT2D eigenvalue weighted by Gasteiger charge is 2.31. The predicted molar refractivity (Wildman–Crippen MR) is 67.2 cm³/mol. The summed E-state index contributed by atoms with van der Waals surface area (Å²) in [5.41, 5.74) is 1.37. The van der Waals surface area contributed by atoms with Crippen molar-refractivity contribution in [1.29, 1.82) is 0 Å². The van der Waals surface area contributed by atoms with Gasteiger partial charge in [0.2, 0.25) is 0 Å². The minimum Gasteiger partial charge on any atom is -0.406 e. The van der Waals surface area contributed by atoms with E-state index in [1.165, 1.54) is 18.2 Å². The van der Waals surface area contributed by atoms with Gasteiger partial charge in [0.15, 0.2) is 0 Å². The Balaban J connectivity index is 2.38. The zero-order valence-corrected chi connectivity index (χ0v) is 10.3. The zero-order chi connectivity index (χ0) is 13.9. The third kappa shape index (κ3) is 3.49. The number of benzene rings is 1. The van der Waals surface area contributed by atoms with E-state index >= 15 is 0 Å². The topological polar surface area (TPSA) is 34.2 Å². The second-order valence-electron chi connectivity index (χ2n) is 4.01. The van der Waals surface area contributed by atoms with E-state index in [9.17, 15) is 13.2 Å². The van der Waals surface area contributed by atoms with Crippen LogP contribution in [-0.2, 0) is 0 Å². The minimum atomic E-state index is -4.69. The van der Waals surface area contributed by atoms with Crippen molar-refractivity contribution >= 4 is 16.6 Å². The molecule has 0 bridgehead atoms. The summed E-state index contributed by atoms with van der Waals surface area (Å²) in [7, 11) is 0. The number of hydrogen-bond acceptors (Lipinski definition) is 3. The lowest BCUT2D eigenvalue weighted by Gasteiger charge is -2.12. The van der Waals surface area contributed by atoms with Crippen LogP contribution < -0.4 is 10.1 Å². The Morgan fingerprint density at radius 2 is 2.05 bits per heavy atom. The Morgan fingerprint density at radius 3 is 2.74 bits per heavy atom. The Morgan fingerprint density at radius 1 is 1.26 bits per heavy atom. The fourth-order valence-electron chi connectivity index (χ4n) is 1.74. The van der Waals surface area contributed by atoms with Gasteiger partial charge in [0.1, 0.15) is 5.75 Å². The van der Waals surface area contributed by atoms with E-state index in [1.807, 2.05) is 6.92 Å². The molecule has 0 fully saturated rings. The molecule has 0 saturated heterocycles. The van der Waals surface area contributed by atoms with Crippen molar-refractivity contribution in [3.63, 3.8) is 0 Å². The summed E-state index contributed by atoms with van der Waals surface area (Å²) in [5.74, 6) is -0.243. The number of anilines is 1. The summed E-state index contributed by atoms with van der Waals surface area (Å²) in [4.78, 5) is 4.11. The molecule has 2 rings (SSSR count). The number of halogens is 3. The first-order valence-electron chi connectivity index (χ1n) is 5.88. The number of alkyl halides is 3. The van der Waals surface area contributed by atoms with Gasteiger partial charge in [-0.3, -0.25) is 4.98 Å². The molecule has 0 radical (unpaired) electrons. The molecule has 0 amide bonds. The van der Waals surface area contributed by atoms with Gasteiger partial charge in [-0.2, -0.15) is 0 Å². The Bertz CT molecular complexity index is 569. The minimum absolute atomic E-state index is 0.243. The van der Waals surface area contributed by atoms with Crippen molar-refractivity contribution in [2.45, 2.75) is 19.7 Å². The van der Waals surface area contributed by atoms with E-state index in [1.54, 1.807) is 12.3 Å². The van der Waals surface area contributed by atoms with Crippen LogP contribution in [-0.4, -0.2) is 17.9 Å². The number of pyridine rings is 1. The standard InChI is InChI=1S/C13H13F3N2O/c1-2-6-17-12-5-7-18-11-4-3-9(8-10(11)12)19-13(14,15)16/h3-5,7-8H,2,6H2,1H3,(H,17,18). The first-order chi connectivity index (χ1) is 8.99. The summed E-state index contributed by atoms with van der Waals surface area (Å²) in [6.45, 7) is 2.75. The average molecular weight is 270 g/mol. The maximum atomic E-state index is 12.2. The van der Waals surface area contributed by atoms with Crippen molar-refractivity contribution in [2.75, 3.05) is 11.9 Å². The smallest absolute Gasteiger partial charge is 0.406 e. The number of nitrogens with zero attached hydrogens (tertiary/aromatic N) is 1. The monoisotopic (exact) mass is 270 g/mol. The molecule has 3 nitrogen and oxygen atoms in total. The van der Waals surface area contributed by atoms with Crippen LogP contribution in [0.15, 0.2) is 30.5 Å². The van der Waals surface area contributed by atoms with Gasteiger partial charge in [-0.1, -0.05) is 6.92 Å². The van der Waals surface area contributed by atoms with Gasteiger partial charge in [0.05, 0.1) is 5.52 Å². The second-order valence-corrected chi connectivity index (χ2v) is 4.01. The van der Waals surface area contributed by atoms with Crippen LogP contribution in [0, 0.1) is 0 Å². The molecule has 6 heteroatoms. The van der Waals surface area contributed by atoms with Gasteiger partial charge < -0.3 is 10.1 Å². The summed E-state index contributed by atoms with van der Waals surface area (Å²) in [6, 6.07) is 5.84. The van der Waals surface area contributed by atoms with E-state index in [2.05, 4.69) is 15.0 Å². The molecular formula is C13H13F3N2O. The third-order valence-corrected chi connectivity index (χ3v) is 2.51. The van der Waals surface area contributed by atoms with Crippen LogP contribution in [0.1, 0.15) is 13.3 Å². The summed E-state index contributed by atoms with van der Waals surface area (Å²) in [5, 5.41) is 3.76. The van der Waals surface area contributed by atoms with E-state index in [0.29, 0.717) is 10.9 Å². The van der Waals surface area contributed by atoms with Crippen LogP contribution in [0.3, 0.4) is 0 Å². The number of ether oxygens (including phenoxy) is 1. The van der Waals surface area contributed by atoms with Gasteiger partial charge >= 0.3 is 6.36 Å². The molecule has 0 atom stereocenters. The molecular weight excluding hydrogens is 257 g/mol. The fourth-order valence-corrected chi connectivity index (χ4v) is 1.74. The average Bonchev–Trinajstić information content (AvgIpc) is 2.34. The molecule has 1 heterocycles. The number of hydrogen-bond donors (Lipinski definition) is 1. The van der Waals surface area contributed by atoms with Crippen molar-refractivity contribution < 1.29 is 17.9 Å². The number of rotatable bonds is 4. The maximum absolute atomic E-state index is 12.2. The Hall–Kier alpha value is -1.98. The Labute approximate surface area is 108 Å². The first kappa shape index (κ1) is 13.5. The predicted octanol–water partition coefficient (Wildman–Crippen LogP) is 3.96. The zero-order valence-electron chi connectivity index (χ0n) is 10.3. The van der Waals surface area contributed by atoms with Crippen molar-refractivity contribution in [1.82, 2.24) is 4.98 Å². The highest BCUT2D eigenvalue weighted by atomic mass is 19.4. The van der Waals surface area contributed by atoms with Crippen molar-refractivity contribution in [3.05, 3.63) is 30.5 Å². The third-order valence-electron chi connectivity index (χ3n) is 2.51. The van der Waals surface area contributed by atoms with Gasteiger partial charge in [0.25, 0.3) is 0 Å². The van der Waals surface area contributed by atoms with Crippen LogP contribution in [0.2, 0.25) is 0 Å². The summed E-state index contributed by atoms with van der Waals surface area (Å²) < 4.78 is 40.5. The number of nitrogens with one attached hydrogen (secondary N) is 1. The molecule has 102 valence electrons. The number of fused-ring (bicyclic) bond motifs is 1. The highest BCUT2D eigenvalue weighted by Crippen LogP contribution is 2.29. The van der Waals surface area contributed by atoms with Gasteiger partial charge in [-0.05, 0) is 30.7 Å². The molecule has 1 N–H and O–H groups in total. The molecule has 0 aliphatic heterocycles. The molecule has 0 unspecified atom stereocenters. The molecule has 0 aliphatic carbocycles. The summed E-state index contributed by atoms with van der Waals surface area (Å²) >= 11 is 0. The molecule has 2 aromatic rings. The molecule has 1 aromatic heterocycles. The van der Waals surface area contributed by atoms with Crippen molar-refractivity contribution in [3.8, 4) is 5.75 Å². The lowest BCUT2D eigenvalue weighted by atomic mass is 10.1. The SMILES string of the molecule is CCCNc1ccnc2ccc(OC(F)(F)F)cc12. The lowest BCUT2D eigenvalue weighted by molar-refractivity contribution is -0.274. The van der Waals surface area contributed by atoms with E-state index in [4.69, 9.17) is 0 Å². The van der Waals surface area contributed by atoms with E-state index in [-0.39, 0.29) is 5.75 Å².